The maximum absolute atomic E-state index is 12.7. The van der Waals surface area contributed by atoms with Crippen molar-refractivity contribution in [2.24, 2.45) is 11.8 Å². The minimum absolute atomic E-state index is 0.00396. The maximum Gasteiger partial charge on any atom is 0.309 e. The fourth-order valence-corrected chi connectivity index (χ4v) is 7.21. The van der Waals surface area contributed by atoms with Crippen LogP contribution in [0.25, 0.3) is 0 Å². The van der Waals surface area contributed by atoms with E-state index in [0.29, 0.717) is 25.7 Å². The Hall–Kier alpha value is -1.10. The van der Waals surface area contributed by atoms with E-state index in [9.17, 15) is 9.59 Å². The summed E-state index contributed by atoms with van der Waals surface area (Å²) in [6, 6.07) is 0.342. The molecule has 5 heteroatoms. The van der Waals surface area contributed by atoms with Crippen LogP contribution in [0.4, 0.5) is 0 Å². The fraction of sp³-hybridized carbons (Fsp3) is 0.951. The van der Waals surface area contributed by atoms with Crippen LogP contribution in [0.5, 0.6) is 0 Å². The van der Waals surface area contributed by atoms with Crippen molar-refractivity contribution in [3.63, 3.8) is 0 Å². The summed E-state index contributed by atoms with van der Waals surface area (Å²) in [5, 5.41) is 0. The Morgan fingerprint density at radius 3 is 1.63 bits per heavy atom. The van der Waals surface area contributed by atoms with E-state index in [4.69, 9.17) is 9.47 Å². The van der Waals surface area contributed by atoms with Crippen molar-refractivity contribution in [2.75, 3.05) is 26.8 Å². The lowest BCUT2D eigenvalue weighted by molar-refractivity contribution is -0.151. The van der Waals surface area contributed by atoms with Gasteiger partial charge in [0.2, 0.25) is 0 Å². The van der Waals surface area contributed by atoms with E-state index in [1.807, 2.05) is 0 Å². The Labute approximate surface area is 287 Å². The Kier molecular flexibility index (Phi) is 29.1. The van der Waals surface area contributed by atoms with E-state index in [0.717, 1.165) is 63.8 Å². The van der Waals surface area contributed by atoms with Gasteiger partial charge in [0.1, 0.15) is 0 Å². The molecule has 0 aromatic heterocycles. The molecule has 0 N–H and O–H groups in total. The third-order valence-corrected chi connectivity index (χ3v) is 10.5. The number of likely N-dealkylation sites (tertiary alicyclic amines) is 1. The summed E-state index contributed by atoms with van der Waals surface area (Å²) in [4.78, 5) is 27.4. The van der Waals surface area contributed by atoms with Crippen molar-refractivity contribution >= 4 is 11.9 Å². The van der Waals surface area contributed by atoms with E-state index in [2.05, 4.69) is 32.7 Å². The molecule has 5 nitrogen and oxygen atoms in total. The van der Waals surface area contributed by atoms with Crippen LogP contribution in [0.3, 0.4) is 0 Å². The summed E-state index contributed by atoms with van der Waals surface area (Å²) < 4.78 is 11.2. The van der Waals surface area contributed by atoms with E-state index in [1.165, 1.54) is 128 Å². The smallest absolute Gasteiger partial charge is 0.309 e. The van der Waals surface area contributed by atoms with Gasteiger partial charge in [-0.2, -0.15) is 0 Å². The molecular weight excluding hydrogens is 570 g/mol. The quantitative estimate of drug-likeness (QED) is 0.0536. The summed E-state index contributed by atoms with van der Waals surface area (Å²) in [6.07, 6.45) is 35.4. The fourth-order valence-electron chi connectivity index (χ4n) is 7.21. The molecule has 0 amide bonds. The molecule has 272 valence electrons. The lowest BCUT2D eigenvalue weighted by Crippen LogP contribution is -2.42. The molecule has 0 radical (unpaired) electrons. The minimum Gasteiger partial charge on any atom is -0.466 e. The third-order valence-electron chi connectivity index (χ3n) is 10.5. The highest BCUT2D eigenvalue weighted by atomic mass is 16.5. The molecule has 0 aromatic carbocycles. The molecule has 1 aliphatic heterocycles. The zero-order valence-electron chi connectivity index (χ0n) is 31.4. The lowest BCUT2D eigenvalue weighted by atomic mass is 9.88. The molecule has 0 spiro atoms. The molecule has 1 heterocycles. The first-order valence-corrected chi connectivity index (χ1v) is 20.5. The number of esters is 2. The maximum atomic E-state index is 12.7. The molecule has 1 rings (SSSR count). The average Bonchev–Trinajstić information content (AvgIpc) is 3.05. The Morgan fingerprint density at radius 2 is 1.07 bits per heavy atom. The van der Waals surface area contributed by atoms with E-state index in [-0.39, 0.29) is 17.9 Å². The number of hydrogen-bond acceptors (Lipinski definition) is 5. The monoisotopic (exact) mass is 650 g/mol. The van der Waals surface area contributed by atoms with Crippen LogP contribution < -0.4 is 0 Å². The molecule has 1 saturated heterocycles. The highest BCUT2D eigenvalue weighted by Gasteiger charge is 2.31. The number of carbonyl (C=O) groups is 2. The van der Waals surface area contributed by atoms with Crippen molar-refractivity contribution in [1.82, 2.24) is 4.90 Å². The highest BCUT2D eigenvalue weighted by Crippen LogP contribution is 2.27. The molecule has 46 heavy (non-hydrogen) atoms. The van der Waals surface area contributed by atoms with E-state index >= 15 is 0 Å². The Balaban J connectivity index is 2.07. The minimum atomic E-state index is -0.0621. The zero-order valence-corrected chi connectivity index (χ0v) is 31.4. The normalized spacial score (nSPS) is 17.1. The summed E-state index contributed by atoms with van der Waals surface area (Å²) >= 11 is 0. The number of ether oxygens (including phenoxy) is 2. The van der Waals surface area contributed by atoms with Gasteiger partial charge in [0.25, 0.3) is 0 Å². The zero-order chi connectivity index (χ0) is 33.5. The second kappa shape index (κ2) is 31.2. The van der Waals surface area contributed by atoms with Gasteiger partial charge in [-0.3, -0.25) is 9.59 Å². The topological polar surface area (TPSA) is 55.8 Å². The largest absolute Gasteiger partial charge is 0.466 e. The van der Waals surface area contributed by atoms with Crippen molar-refractivity contribution in [2.45, 2.75) is 213 Å². The first-order chi connectivity index (χ1) is 22.5. The second-order valence-electron chi connectivity index (χ2n) is 14.7. The molecule has 0 bridgehead atoms. The summed E-state index contributed by atoms with van der Waals surface area (Å²) in [7, 11) is 2.15. The van der Waals surface area contributed by atoms with Crippen molar-refractivity contribution in [3.05, 3.63) is 0 Å². The predicted molar refractivity (Wildman–Crippen MR) is 196 cm³/mol. The standard InChI is InChI=1S/C41H79NO4/c1-5-8-11-12-13-14-15-16-19-25-35-46-41(44)38-32-33-42(4)39(36-38)30-26-31-40(43)45-34-24-20-17-18-23-29-37(27-21-9-6-2)28-22-10-7-3/h37-39H,5-36H2,1-4H3. The summed E-state index contributed by atoms with van der Waals surface area (Å²) in [6.45, 7) is 8.92. The van der Waals surface area contributed by atoms with Crippen molar-refractivity contribution < 1.29 is 19.1 Å². The third kappa shape index (κ3) is 24.1. The number of piperidine rings is 1. The Morgan fingerprint density at radius 1 is 0.609 bits per heavy atom. The number of nitrogens with zero attached hydrogens (tertiary/aromatic N) is 1. The summed E-state index contributed by atoms with van der Waals surface area (Å²) in [5.41, 5.74) is 0. The molecule has 2 unspecified atom stereocenters. The van der Waals surface area contributed by atoms with Gasteiger partial charge in [-0.1, -0.05) is 162 Å². The highest BCUT2D eigenvalue weighted by molar-refractivity contribution is 5.72. The van der Waals surface area contributed by atoms with Crippen LogP contribution in [-0.4, -0.2) is 49.7 Å². The van der Waals surface area contributed by atoms with Crippen LogP contribution in [0.15, 0.2) is 0 Å². The van der Waals surface area contributed by atoms with Crippen molar-refractivity contribution in [1.29, 1.82) is 0 Å². The first-order valence-electron chi connectivity index (χ1n) is 20.5. The van der Waals surface area contributed by atoms with Gasteiger partial charge in [-0.15, -0.1) is 0 Å². The van der Waals surface area contributed by atoms with Gasteiger partial charge in [-0.25, -0.2) is 0 Å². The molecule has 0 aromatic rings. The molecule has 1 aliphatic rings. The van der Waals surface area contributed by atoms with Gasteiger partial charge in [0.15, 0.2) is 0 Å². The predicted octanol–water partition coefficient (Wildman–Crippen LogP) is 12.0. The summed E-state index contributed by atoms with van der Waals surface area (Å²) in [5.74, 6) is 0.871. The molecule has 2 atom stereocenters. The SMILES string of the molecule is CCCCCCCCCCCCOC(=O)C1CCN(C)C(CCCC(=O)OCCCCCCCC(CCCCC)CCCCC)C1. The van der Waals surface area contributed by atoms with Crippen molar-refractivity contribution in [3.8, 4) is 0 Å². The number of rotatable bonds is 32. The lowest BCUT2D eigenvalue weighted by Gasteiger charge is -2.36. The molecule has 0 aliphatic carbocycles. The van der Waals surface area contributed by atoms with Gasteiger partial charge in [0.05, 0.1) is 19.1 Å². The molecule has 1 fully saturated rings. The van der Waals surface area contributed by atoms with E-state index < -0.39 is 0 Å². The Bertz CT molecular complexity index is 688. The second-order valence-corrected chi connectivity index (χ2v) is 14.7. The van der Waals surface area contributed by atoms with E-state index in [1.54, 1.807) is 0 Å². The van der Waals surface area contributed by atoms with Crippen LogP contribution in [0.2, 0.25) is 0 Å². The van der Waals surface area contributed by atoms with Gasteiger partial charge >= 0.3 is 11.9 Å². The average molecular weight is 650 g/mol. The first kappa shape index (κ1) is 42.9. The van der Waals surface area contributed by atoms with Gasteiger partial charge in [0, 0.05) is 12.5 Å². The number of carbonyl (C=O) groups excluding carboxylic acids is 2. The molecule has 0 saturated carbocycles. The number of unbranched alkanes of at least 4 members (excludes halogenated alkanes) is 17. The van der Waals surface area contributed by atoms with Gasteiger partial charge < -0.3 is 14.4 Å². The van der Waals surface area contributed by atoms with Crippen LogP contribution in [-0.2, 0) is 19.1 Å². The number of hydrogen-bond donors (Lipinski definition) is 0. The van der Waals surface area contributed by atoms with Crippen LogP contribution >= 0.6 is 0 Å². The molecular formula is C41H79NO4. The van der Waals surface area contributed by atoms with Crippen LogP contribution in [0, 0.1) is 11.8 Å². The van der Waals surface area contributed by atoms with Crippen LogP contribution in [0.1, 0.15) is 207 Å². The van der Waals surface area contributed by atoms with Gasteiger partial charge in [-0.05, 0) is 58.0 Å².